The minimum Gasteiger partial charge on any atom is -0.404 e. The van der Waals surface area contributed by atoms with Crippen LogP contribution in [0.25, 0.3) is 0 Å². The lowest BCUT2D eigenvalue weighted by molar-refractivity contribution is -0.243. The summed E-state index contributed by atoms with van der Waals surface area (Å²) in [5, 5.41) is 10.0. The van der Waals surface area contributed by atoms with Gasteiger partial charge in [-0.15, -0.1) is 0 Å². The Morgan fingerprint density at radius 3 is 2.76 bits per heavy atom. The van der Waals surface area contributed by atoms with Crippen LogP contribution in [0.4, 0.5) is 27.8 Å². The molecule has 2 aliphatic heterocycles. The number of nitrogen functional groups attached to an aromatic ring is 1. The van der Waals surface area contributed by atoms with Gasteiger partial charge in [0.1, 0.15) is 12.4 Å². The number of aliphatic hydroxyl groups is 1. The molecule has 33 heavy (non-hydrogen) atoms. The summed E-state index contributed by atoms with van der Waals surface area (Å²) in [4.78, 5) is 15.0. The average Bonchev–Trinajstić information content (AvgIpc) is 2.96. The highest BCUT2D eigenvalue weighted by Gasteiger charge is 2.74. The van der Waals surface area contributed by atoms with E-state index in [2.05, 4.69) is 4.98 Å². The number of phosphoric ester groups is 1. The van der Waals surface area contributed by atoms with Crippen molar-refractivity contribution in [2.45, 2.75) is 36.9 Å². The standard InChI is InChI=1S/C17H15F5N3O7P/c18-9-5-25(15(27)24-12(9)23)13-11(26)17(21,22)16(31-13,14(19)20)7-30-33(28)29-6-8-3-1-2-4-10(8)32-33/h1-5,11,13-14,26H,6-7H2,(H2,23,24,27). The minimum absolute atomic E-state index is 0.0187. The molecule has 0 aliphatic carbocycles. The van der Waals surface area contributed by atoms with Crippen molar-refractivity contribution in [3.8, 4) is 5.75 Å². The van der Waals surface area contributed by atoms with Crippen molar-refractivity contribution in [2.24, 2.45) is 0 Å². The molecule has 2 aromatic rings. The van der Waals surface area contributed by atoms with Crippen LogP contribution in [0.3, 0.4) is 0 Å². The van der Waals surface area contributed by atoms with Gasteiger partial charge in [-0.25, -0.2) is 22.5 Å². The number of fused-ring (bicyclic) bond motifs is 1. The van der Waals surface area contributed by atoms with Crippen LogP contribution in [-0.4, -0.2) is 45.3 Å². The van der Waals surface area contributed by atoms with Crippen LogP contribution in [0, 0.1) is 5.82 Å². The van der Waals surface area contributed by atoms with Crippen LogP contribution in [0.5, 0.6) is 5.75 Å². The monoisotopic (exact) mass is 499 g/mol. The van der Waals surface area contributed by atoms with Crippen molar-refractivity contribution < 1.29 is 49.9 Å². The summed E-state index contributed by atoms with van der Waals surface area (Å²) in [7, 11) is -4.66. The first-order valence-corrected chi connectivity index (χ1v) is 10.6. The van der Waals surface area contributed by atoms with Gasteiger partial charge in [-0.3, -0.25) is 13.6 Å². The predicted molar refractivity (Wildman–Crippen MR) is 98.1 cm³/mol. The Balaban J connectivity index is 1.65. The van der Waals surface area contributed by atoms with Gasteiger partial charge in [0.2, 0.25) is 5.60 Å². The molecule has 0 bridgehead atoms. The van der Waals surface area contributed by atoms with Gasteiger partial charge in [0, 0.05) is 5.56 Å². The fourth-order valence-corrected chi connectivity index (χ4v) is 4.52. The van der Waals surface area contributed by atoms with Crippen LogP contribution in [0.15, 0.2) is 35.3 Å². The maximum Gasteiger partial charge on any atom is 0.530 e. The van der Waals surface area contributed by atoms with E-state index in [0.29, 0.717) is 5.56 Å². The van der Waals surface area contributed by atoms with Gasteiger partial charge >= 0.3 is 19.4 Å². The van der Waals surface area contributed by atoms with Gasteiger partial charge in [0.25, 0.3) is 6.43 Å². The zero-order valence-electron chi connectivity index (χ0n) is 16.2. The minimum atomic E-state index is -4.78. The molecule has 0 radical (unpaired) electrons. The quantitative estimate of drug-likeness (QED) is 0.469. The van der Waals surface area contributed by atoms with Crippen LogP contribution in [0.1, 0.15) is 11.8 Å². The Morgan fingerprint density at radius 2 is 2.06 bits per heavy atom. The smallest absolute Gasteiger partial charge is 0.404 e. The first-order valence-electron chi connectivity index (χ1n) is 9.13. The third kappa shape index (κ3) is 3.79. The van der Waals surface area contributed by atoms with Crippen LogP contribution in [0.2, 0.25) is 0 Å². The molecule has 0 spiro atoms. The lowest BCUT2D eigenvalue weighted by Gasteiger charge is -2.34. The number of aliphatic hydroxyl groups excluding tert-OH is 1. The first-order chi connectivity index (χ1) is 15.4. The third-order valence-electron chi connectivity index (χ3n) is 5.10. The zero-order chi connectivity index (χ0) is 24.2. The van der Waals surface area contributed by atoms with Gasteiger partial charge in [-0.1, -0.05) is 18.2 Å². The summed E-state index contributed by atoms with van der Waals surface area (Å²) in [6.45, 7) is -2.12. The van der Waals surface area contributed by atoms with Crippen LogP contribution >= 0.6 is 7.82 Å². The number of alkyl halides is 4. The highest BCUT2D eigenvalue weighted by molar-refractivity contribution is 7.49. The highest BCUT2D eigenvalue weighted by Crippen LogP contribution is 2.58. The number of ether oxygens (including phenoxy) is 1. The maximum atomic E-state index is 14.9. The summed E-state index contributed by atoms with van der Waals surface area (Å²) in [6.07, 6.45) is -9.36. The molecule has 1 saturated heterocycles. The van der Waals surface area contributed by atoms with E-state index < -0.39 is 62.0 Å². The van der Waals surface area contributed by atoms with Crippen molar-refractivity contribution in [1.82, 2.24) is 9.55 Å². The molecule has 180 valence electrons. The maximum absolute atomic E-state index is 14.9. The molecular weight excluding hydrogens is 484 g/mol. The molecule has 10 nitrogen and oxygen atoms in total. The number of anilines is 1. The second-order valence-electron chi connectivity index (χ2n) is 7.12. The van der Waals surface area contributed by atoms with Gasteiger partial charge in [0.15, 0.2) is 24.0 Å². The van der Waals surface area contributed by atoms with E-state index in [0.717, 1.165) is 0 Å². The molecular formula is C17H15F5N3O7P. The Bertz CT molecular complexity index is 1180. The number of para-hydroxylation sites is 1. The van der Waals surface area contributed by atoms with Crippen LogP contribution < -0.4 is 15.9 Å². The van der Waals surface area contributed by atoms with Crippen molar-refractivity contribution in [3.63, 3.8) is 0 Å². The van der Waals surface area contributed by atoms with E-state index >= 15 is 0 Å². The summed E-state index contributed by atoms with van der Waals surface area (Å²) >= 11 is 0. The Kier molecular flexibility index (Phi) is 5.73. The topological polar surface area (TPSA) is 135 Å². The summed E-state index contributed by atoms with van der Waals surface area (Å²) in [5.74, 6) is -7.00. The number of nitrogens with zero attached hydrogens (tertiary/aromatic N) is 2. The highest BCUT2D eigenvalue weighted by atomic mass is 31.2. The summed E-state index contributed by atoms with van der Waals surface area (Å²) in [6, 6.07) is 6.03. The number of benzene rings is 1. The number of hydrogen-bond donors (Lipinski definition) is 2. The molecule has 3 N–H and O–H groups in total. The van der Waals surface area contributed by atoms with Crippen molar-refractivity contribution >= 4 is 13.6 Å². The van der Waals surface area contributed by atoms with Crippen LogP contribution in [-0.2, 0) is 25.0 Å². The predicted octanol–water partition coefficient (Wildman–Crippen LogP) is 2.23. The van der Waals surface area contributed by atoms with Gasteiger partial charge in [-0.05, 0) is 6.07 Å². The summed E-state index contributed by atoms with van der Waals surface area (Å²) < 4.78 is 104. The molecule has 1 fully saturated rings. The van der Waals surface area contributed by atoms with Gasteiger partial charge < -0.3 is 20.1 Å². The number of rotatable bonds is 5. The molecule has 0 amide bonds. The number of phosphoric acid groups is 1. The van der Waals surface area contributed by atoms with Crippen molar-refractivity contribution in [3.05, 3.63) is 52.3 Å². The van der Waals surface area contributed by atoms with E-state index in [1.165, 1.54) is 12.1 Å². The second-order valence-corrected chi connectivity index (χ2v) is 8.72. The molecule has 1 aromatic carbocycles. The fourth-order valence-electron chi connectivity index (χ4n) is 3.27. The first kappa shape index (κ1) is 23.6. The SMILES string of the molecule is Nc1nc(=O)n(C2OC(COP3(=O)OCc4ccccc4O3)(C(F)F)C(F)(F)C2O)cc1F. The largest absolute Gasteiger partial charge is 0.530 e. The Labute approximate surface area is 181 Å². The molecule has 0 saturated carbocycles. The Morgan fingerprint density at radius 1 is 1.36 bits per heavy atom. The second kappa shape index (κ2) is 8.02. The van der Waals surface area contributed by atoms with Crippen molar-refractivity contribution in [2.75, 3.05) is 12.3 Å². The summed E-state index contributed by atoms with van der Waals surface area (Å²) in [5.41, 5.74) is 0.167. The van der Waals surface area contributed by atoms with Gasteiger partial charge in [0.05, 0.1) is 12.8 Å². The van der Waals surface area contributed by atoms with E-state index in [4.69, 9.17) is 24.0 Å². The molecule has 2 aliphatic rings. The third-order valence-corrected chi connectivity index (χ3v) is 6.41. The fraction of sp³-hybridized carbons (Fsp3) is 0.412. The average molecular weight is 499 g/mol. The molecule has 16 heteroatoms. The Hall–Kier alpha value is -2.58. The van der Waals surface area contributed by atoms with Gasteiger partial charge in [-0.2, -0.15) is 13.8 Å². The number of hydrogen-bond acceptors (Lipinski definition) is 9. The molecule has 4 rings (SSSR count). The zero-order valence-corrected chi connectivity index (χ0v) is 17.1. The molecule has 4 atom stereocenters. The van der Waals surface area contributed by atoms with Crippen molar-refractivity contribution in [1.29, 1.82) is 0 Å². The van der Waals surface area contributed by atoms with E-state index in [-0.39, 0.29) is 23.1 Å². The van der Waals surface area contributed by atoms with E-state index in [9.17, 15) is 36.4 Å². The number of nitrogens with two attached hydrogens (primary N) is 1. The molecule has 4 unspecified atom stereocenters. The number of halogens is 5. The number of aromatic nitrogens is 2. The lowest BCUT2D eigenvalue weighted by Crippen LogP contribution is -2.57. The normalized spacial score (nSPS) is 30.8. The lowest BCUT2D eigenvalue weighted by atomic mass is 9.95. The molecule has 1 aromatic heterocycles. The molecule has 3 heterocycles. The van der Waals surface area contributed by atoms with E-state index in [1.807, 2.05) is 0 Å². The van der Waals surface area contributed by atoms with E-state index in [1.54, 1.807) is 12.1 Å².